The van der Waals surface area contributed by atoms with Gasteiger partial charge in [0.05, 0.1) is 32.0 Å². The van der Waals surface area contributed by atoms with Gasteiger partial charge in [0.25, 0.3) is 0 Å². The lowest BCUT2D eigenvalue weighted by Crippen LogP contribution is -2.60. The number of benzene rings is 3. The van der Waals surface area contributed by atoms with E-state index in [1.54, 1.807) is 25.3 Å². The second-order valence-electron chi connectivity index (χ2n) is 10.4. The summed E-state index contributed by atoms with van der Waals surface area (Å²) in [5, 5.41) is 10.4. The van der Waals surface area contributed by atoms with Gasteiger partial charge in [-0.3, -0.25) is 0 Å². The molecule has 1 heterocycles. The van der Waals surface area contributed by atoms with Crippen LogP contribution in [-0.4, -0.2) is 49.0 Å². The Bertz CT molecular complexity index is 1230. The van der Waals surface area contributed by atoms with Crippen molar-refractivity contribution in [1.82, 2.24) is 0 Å². The Morgan fingerprint density at radius 3 is 1.74 bits per heavy atom. The molecule has 0 radical (unpaired) electrons. The molecule has 4 rings (SSSR count). The molecule has 1 fully saturated rings. The summed E-state index contributed by atoms with van der Waals surface area (Å²) in [6.07, 6.45) is 2.50. The minimum Gasteiger partial charge on any atom is -0.389 e. The molecule has 0 aromatic heterocycles. The van der Waals surface area contributed by atoms with Gasteiger partial charge in [-0.1, -0.05) is 128 Å². The molecule has 0 spiro atoms. The van der Waals surface area contributed by atoms with Crippen molar-refractivity contribution in [3.63, 3.8) is 0 Å². The van der Waals surface area contributed by atoms with E-state index in [9.17, 15) is 5.11 Å². The first-order valence-corrected chi connectivity index (χ1v) is 14.4. The summed E-state index contributed by atoms with van der Waals surface area (Å²) in [6, 6.07) is 30.0. The van der Waals surface area contributed by atoms with Crippen molar-refractivity contribution in [1.29, 1.82) is 0 Å². The number of hydrogen-bond donors (Lipinski definition) is 1. The Morgan fingerprint density at radius 2 is 1.26 bits per heavy atom. The number of ether oxygens (including phenoxy) is 5. The summed E-state index contributed by atoms with van der Waals surface area (Å²) in [5.41, 5.74) is 3.94. The molecule has 0 bridgehead atoms. The first-order valence-electron chi connectivity index (χ1n) is 14.4. The van der Waals surface area contributed by atoms with Gasteiger partial charge in [-0.2, -0.15) is 0 Å². The summed E-state index contributed by atoms with van der Waals surface area (Å²) in [7, 11) is 1.61. The van der Waals surface area contributed by atoms with Crippen LogP contribution in [0.2, 0.25) is 0 Å². The fourth-order valence-corrected chi connectivity index (χ4v) is 5.04. The number of methoxy groups -OCH3 is 1. The molecular weight excluding hydrogens is 528 g/mol. The molecule has 1 aliphatic rings. The van der Waals surface area contributed by atoms with Gasteiger partial charge in [-0.05, 0) is 29.5 Å². The maximum atomic E-state index is 10.4. The van der Waals surface area contributed by atoms with E-state index in [1.165, 1.54) is 0 Å². The number of hydrogen-bond acceptors (Lipinski definition) is 6. The van der Waals surface area contributed by atoms with Crippen LogP contribution in [0.1, 0.15) is 29.5 Å². The predicted molar refractivity (Wildman–Crippen MR) is 164 cm³/mol. The average molecular weight is 571 g/mol. The molecular formula is C36H42O6. The standard InChI is InChI=1S/C36H42O6/c1-4-5-21-31(37)22-27(2)23-32-33(39-24-28-15-9-6-10-16-28)34(40-25-29-17-11-7-12-18-29)35(36(38-3)42-32)41-26-30-19-13-8-14-20-30/h4-21,31-37H,1-2,22-26H2,3H3/b21-5+/t31-,32-,33-,34+,35-,36+/m1/s1. The molecule has 1 aliphatic heterocycles. The first-order chi connectivity index (χ1) is 20.6. The molecule has 1 saturated heterocycles. The smallest absolute Gasteiger partial charge is 0.186 e. The van der Waals surface area contributed by atoms with E-state index < -0.39 is 36.8 Å². The monoisotopic (exact) mass is 570 g/mol. The first kappa shape index (κ1) is 31.6. The van der Waals surface area contributed by atoms with Crippen LogP contribution in [0.4, 0.5) is 0 Å². The van der Waals surface area contributed by atoms with Gasteiger partial charge in [0.2, 0.25) is 0 Å². The minimum atomic E-state index is -0.700. The van der Waals surface area contributed by atoms with E-state index in [4.69, 9.17) is 23.7 Å². The van der Waals surface area contributed by atoms with E-state index in [0.717, 1.165) is 22.3 Å². The van der Waals surface area contributed by atoms with Crippen LogP contribution in [0, 0.1) is 0 Å². The van der Waals surface area contributed by atoms with Gasteiger partial charge >= 0.3 is 0 Å². The molecule has 6 heteroatoms. The summed E-state index contributed by atoms with van der Waals surface area (Å²) in [6.45, 7) is 9.03. The highest BCUT2D eigenvalue weighted by atomic mass is 16.7. The molecule has 3 aromatic rings. The predicted octanol–water partition coefficient (Wildman–Crippen LogP) is 6.55. The number of rotatable bonds is 16. The van der Waals surface area contributed by atoms with Gasteiger partial charge in [-0.15, -0.1) is 0 Å². The van der Waals surface area contributed by atoms with Crippen molar-refractivity contribution in [2.45, 2.75) is 69.5 Å². The second kappa shape index (κ2) is 16.9. The Morgan fingerprint density at radius 1 is 0.786 bits per heavy atom. The van der Waals surface area contributed by atoms with Crippen LogP contribution in [0.3, 0.4) is 0 Å². The van der Waals surface area contributed by atoms with E-state index in [2.05, 4.69) is 13.2 Å². The highest BCUT2D eigenvalue weighted by Crippen LogP contribution is 2.34. The molecule has 0 saturated carbocycles. The van der Waals surface area contributed by atoms with Crippen LogP contribution in [0.5, 0.6) is 0 Å². The zero-order valence-electron chi connectivity index (χ0n) is 24.3. The lowest BCUT2D eigenvalue weighted by Gasteiger charge is -2.46. The Balaban J connectivity index is 1.61. The lowest BCUT2D eigenvalue weighted by atomic mass is 9.92. The molecule has 1 N–H and O–H groups in total. The second-order valence-corrected chi connectivity index (χ2v) is 10.4. The van der Waals surface area contributed by atoms with E-state index in [-0.39, 0.29) is 0 Å². The van der Waals surface area contributed by atoms with Crippen molar-refractivity contribution in [2.75, 3.05) is 7.11 Å². The van der Waals surface area contributed by atoms with Crippen molar-refractivity contribution in [3.05, 3.63) is 145 Å². The Hall–Kier alpha value is -3.36. The highest BCUT2D eigenvalue weighted by molar-refractivity contribution is 5.16. The van der Waals surface area contributed by atoms with E-state index >= 15 is 0 Å². The molecule has 6 nitrogen and oxygen atoms in total. The van der Waals surface area contributed by atoms with E-state index in [1.807, 2.05) is 91.0 Å². The Labute approximate surface area is 249 Å². The lowest BCUT2D eigenvalue weighted by molar-refractivity contribution is -0.317. The van der Waals surface area contributed by atoms with Crippen molar-refractivity contribution in [3.8, 4) is 0 Å². The fraction of sp³-hybridized carbons (Fsp3) is 0.333. The molecule has 42 heavy (non-hydrogen) atoms. The largest absolute Gasteiger partial charge is 0.389 e. The third kappa shape index (κ3) is 9.60. The van der Waals surface area contributed by atoms with Gasteiger partial charge in [0, 0.05) is 7.11 Å². The summed E-state index contributed by atoms with van der Waals surface area (Å²) < 4.78 is 32.1. The third-order valence-electron chi connectivity index (χ3n) is 7.14. The molecule has 0 amide bonds. The van der Waals surface area contributed by atoms with Crippen molar-refractivity contribution in [2.24, 2.45) is 0 Å². The number of aliphatic hydroxyl groups is 1. The van der Waals surface area contributed by atoms with Crippen molar-refractivity contribution >= 4 is 0 Å². The zero-order valence-corrected chi connectivity index (χ0v) is 24.3. The molecule has 0 aliphatic carbocycles. The van der Waals surface area contributed by atoms with Gasteiger partial charge in [0.15, 0.2) is 6.29 Å². The highest BCUT2D eigenvalue weighted by Gasteiger charge is 2.48. The topological polar surface area (TPSA) is 66.4 Å². The van der Waals surface area contributed by atoms with Crippen LogP contribution >= 0.6 is 0 Å². The van der Waals surface area contributed by atoms with E-state index in [0.29, 0.717) is 32.7 Å². The SMILES string of the molecule is C=C/C=C/[C@@H](O)CC(=C)C[C@H]1O[C@H](OC)[C@H](OCc2ccccc2)[C@@H](OCc2ccccc2)[C@@H]1OCc1ccccc1. The molecule has 0 unspecified atom stereocenters. The number of allylic oxidation sites excluding steroid dienone is 2. The summed E-state index contributed by atoms with van der Waals surface area (Å²) in [5.74, 6) is 0. The quantitative estimate of drug-likeness (QED) is 0.156. The van der Waals surface area contributed by atoms with Crippen molar-refractivity contribution < 1.29 is 28.8 Å². The van der Waals surface area contributed by atoms with Gasteiger partial charge in [-0.25, -0.2) is 0 Å². The molecule has 222 valence electrons. The maximum Gasteiger partial charge on any atom is 0.186 e. The van der Waals surface area contributed by atoms with Crippen LogP contribution in [-0.2, 0) is 43.5 Å². The summed E-state index contributed by atoms with van der Waals surface area (Å²) in [4.78, 5) is 0. The van der Waals surface area contributed by atoms with Gasteiger partial charge < -0.3 is 28.8 Å². The van der Waals surface area contributed by atoms with Crippen LogP contribution in [0.25, 0.3) is 0 Å². The average Bonchev–Trinajstić information content (AvgIpc) is 3.02. The zero-order chi connectivity index (χ0) is 29.6. The normalized spacial score (nSPS) is 23.0. The third-order valence-corrected chi connectivity index (χ3v) is 7.14. The van der Waals surface area contributed by atoms with Gasteiger partial charge in [0.1, 0.15) is 18.3 Å². The molecule has 3 aromatic carbocycles. The van der Waals surface area contributed by atoms with Crippen LogP contribution in [0.15, 0.2) is 128 Å². The number of aliphatic hydroxyl groups excluding tert-OH is 1. The van der Waals surface area contributed by atoms with Crippen LogP contribution < -0.4 is 0 Å². The Kier molecular flexibility index (Phi) is 12.7. The minimum absolute atomic E-state index is 0.366. The maximum absolute atomic E-state index is 10.4. The summed E-state index contributed by atoms with van der Waals surface area (Å²) >= 11 is 0. The molecule has 6 atom stereocenters. The fourth-order valence-electron chi connectivity index (χ4n) is 5.04.